The van der Waals surface area contributed by atoms with Crippen LogP contribution >= 0.6 is 11.3 Å². The summed E-state index contributed by atoms with van der Waals surface area (Å²) >= 11 is 0.858. The highest BCUT2D eigenvalue weighted by atomic mass is 32.1. The summed E-state index contributed by atoms with van der Waals surface area (Å²) < 4.78 is 25.3. The molecule has 9 heteroatoms. The van der Waals surface area contributed by atoms with Gasteiger partial charge in [0.05, 0.1) is 14.2 Å². The van der Waals surface area contributed by atoms with Gasteiger partial charge < -0.3 is 23.7 Å². The van der Waals surface area contributed by atoms with Gasteiger partial charge in [-0.25, -0.2) is 9.59 Å². The molecule has 0 fully saturated rings. The molecule has 0 atom stereocenters. The summed E-state index contributed by atoms with van der Waals surface area (Å²) in [6, 6.07) is 0. The average molecular weight is 330 g/mol. The fraction of sp³-hybridized carbons (Fsp3) is 0.462. The molecule has 8 nitrogen and oxygen atoms in total. The standard InChI is InChI=1S/C13H14O8S/c1-6(14)21-7-4-19-8-9(20-5-7)11(13(16)18-3)22-10(8)12(15)17-2/h7H,4-5H2,1-3H3. The van der Waals surface area contributed by atoms with Crippen molar-refractivity contribution in [2.75, 3.05) is 27.4 Å². The van der Waals surface area contributed by atoms with Crippen molar-refractivity contribution in [3.05, 3.63) is 9.75 Å². The molecule has 2 heterocycles. The van der Waals surface area contributed by atoms with E-state index in [1.54, 1.807) is 0 Å². The third-order valence-electron chi connectivity index (χ3n) is 2.72. The predicted molar refractivity (Wildman–Crippen MR) is 73.5 cm³/mol. The smallest absolute Gasteiger partial charge is 0.352 e. The molecule has 2 rings (SSSR count). The molecule has 0 aliphatic carbocycles. The van der Waals surface area contributed by atoms with Gasteiger partial charge in [-0.05, 0) is 0 Å². The Bertz CT molecular complexity index is 563. The minimum atomic E-state index is -0.661. The molecule has 1 aliphatic rings. The molecular weight excluding hydrogens is 316 g/mol. The number of fused-ring (bicyclic) bond motifs is 1. The van der Waals surface area contributed by atoms with Crippen molar-refractivity contribution in [3.8, 4) is 11.5 Å². The number of ether oxygens (including phenoxy) is 5. The van der Waals surface area contributed by atoms with Crippen LogP contribution in [0.4, 0.5) is 0 Å². The summed E-state index contributed by atoms with van der Waals surface area (Å²) in [6.45, 7) is 1.25. The molecule has 0 saturated carbocycles. The first kappa shape index (κ1) is 16.1. The molecule has 0 N–H and O–H groups in total. The third kappa shape index (κ3) is 3.14. The van der Waals surface area contributed by atoms with Crippen molar-refractivity contribution >= 4 is 29.2 Å². The van der Waals surface area contributed by atoms with E-state index in [0.29, 0.717) is 0 Å². The van der Waals surface area contributed by atoms with E-state index in [1.807, 2.05) is 0 Å². The first-order chi connectivity index (χ1) is 10.5. The van der Waals surface area contributed by atoms with E-state index in [1.165, 1.54) is 21.1 Å². The molecule has 0 unspecified atom stereocenters. The van der Waals surface area contributed by atoms with Crippen LogP contribution in [0, 0.1) is 0 Å². The van der Waals surface area contributed by atoms with Crippen molar-refractivity contribution in [1.29, 1.82) is 0 Å². The first-order valence-corrected chi connectivity index (χ1v) is 7.05. The molecule has 0 bridgehead atoms. The van der Waals surface area contributed by atoms with Crippen LogP contribution in [0.25, 0.3) is 0 Å². The van der Waals surface area contributed by atoms with Gasteiger partial charge in [0.1, 0.15) is 13.2 Å². The maximum Gasteiger partial charge on any atom is 0.352 e. The van der Waals surface area contributed by atoms with Crippen molar-refractivity contribution < 1.29 is 38.1 Å². The second-order valence-electron chi connectivity index (χ2n) is 4.26. The number of esters is 3. The summed E-state index contributed by atoms with van der Waals surface area (Å²) in [5.74, 6) is -1.63. The lowest BCUT2D eigenvalue weighted by atomic mass is 10.3. The predicted octanol–water partition coefficient (Wildman–Crippen LogP) is 1.02. The highest BCUT2D eigenvalue weighted by molar-refractivity contribution is 7.16. The van der Waals surface area contributed by atoms with Gasteiger partial charge in [-0.15, -0.1) is 11.3 Å². The zero-order valence-electron chi connectivity index (χ0n) is 12.2. The lowest BCUT2D eigenvalue weighted by Gasteiger charge is -2.13. The van der Waals surface area contributed by atoms with E-state index >= 15 is 0 Å². The molecule has 0 saturated heterocycles. The zero-order chi connectivity index (χ0) is 16.3. The topological polar surface area (TPSA) is 97.4 Å². The van der Waals surface area contributed by atoms with Crippen LogP contribution < -0.4 is 9.47 Å². The molecule has 120 valence electrons. The Morgan fingerprint density at radius 3 is 1.82 bits per heavy atom. The van der Waals surface area contributed by atoms with Crippen molar-refractivity contribution in [1.82, 2.24) is 0 Å². The van der Waals surface area contributed by atoms with Gasteiger partial charge in [-0.3, -0.25) is 4.79 Å². The second-order valence-corrected chi connectivity index (χ2v) is 5.28. The third-order valence-corrected chi connectivity index (χ3v) is 3.84. The summed E-state index contributed by atoms with van der Waals surface area (Å²) in [6.07, 6.45) is -0.647. The molecule has 0 aromatic carbocycles. The van der Waals surface area contributed by atoms with E-state index in [2.05, 4.69) is 9.47 Å². The monoisotopic (exact) mass is 330 g/mol. The quantitative estimate of drug-likeness (QED) is 0.598. The molecule has 0 amide bonds. The van der Waals surface area contributed by atoms with Gasteiger partial charge in [0.15, 0.2) is 27.4 Å². The normalized spacial score (nSPS) is 14.0. The number of hydrogen-bond acceptors (Lipinski definition) is 9. The van der Waals surface area contributed by atoms with E-state index in [4.69, 9.17) is 14.2 Å². The Kier molecular flexibility index (Phi) is 4.86. The SMILES string of the molecule is COC(=O)c1sc(C(=O)OC)c2c1OCC(OC(C)=O)CO2. The zero-order valence-corrected chi connectivity index (χ0v) is 13.0. The molecule has 0 radical (unpaired) electrons. The first-order valence-electron chi connectivity index (χ1n) is 6.24. The van der Waals surface area contributed by atoms with Crippen LogP contribution in [0.1, 0.15) is 26.3 Å². The molecule has 22 heavy (non-hydrogen) atoms. The summed E-state index contributed by atoms with van der Waals surface area (Å²) in [7, 11) is 2.43. The van der Waals surface area contributed by atoms with Gasteiger partial charge in [0.2, 0.25) is 0 Å². The number of methoxy groups -OCH3 is 2. The van der Waals surface area contributed by atoms with Gasteiger partial charge in [0, 0.05) is 6.92 Å². The van der Waals surface area contributed by atoms with Crippen molar-refractivity contribution in [2.45, 2.75) is 13.0 Å². The van der Waals surface area contributed by atoms with E-state index in [9.17, 15) is 14.4 Å². The number of rotatable bonds is 3. The Hall–Kier alpha value is -2.29. The lowest BCUT2D eigenvalue weighted by molar-refractivity contribution is -0.148. The minimum absolute atomic E-state index is 0.00603. The van der Waals surface area contributed by atoms with E-state index in [-0.39, 0.29) is 34.5 Å². The number of hydrogen-bond donors (Lipinski definition) is 0. The Labute approximate surface area is 129 Å². The molecule has 0 spiro atoms. The number of thiophene rings is 1. The second kappa shape index (κ2) is 6.65. The maximum absolute atomic E-state index is 11.8. The van der Waals surface area contributed by atoms with Crippen LogP contribution in [0.3, 0.4) is 0 Å². The van der Waals surface area contributed by atoms with Crippen LogP contribution in [0.5, 0.6) is 11.5 Å². The Morgan fingerprint density at radius 2 is 1.45 bits per heavy atom. The van der Waals surface area contributed by atoms with E-state index < -0.39 is 24.0 Å². The van der Waals surface area contributed by atoms with Crippen LogP contribution in [-0.2, 0) is 19.0 Å². The van der Waals surface area contributed by atoms with Gasteiger partial charge >= 0.3 is 17.9 Å². The largest absolute Gasteiger partial charge is 0.484 e. The summed E-state index contributed by atoms with van der Waals surface area (Å²) in [5, 5.41) is 0. The van der Waals surface area contributed by atoms with Gasteiger partial charge in [-0.1, -0.05) is 0 Å². The highest BCUT2D eigenvalue weighted by Crippen LogP contribution is 2.44. The number of carbonyl (C=O) groups excluding carboxylic acids is 3. The summed E-state index contributed by atoms with van der Waals surface area (Å²) in [4.78, 5) is 34.8. The fourth-order valence-electron chi connectivity index (χ4n) is 1.82. The minimum Gasteiger partial charge on any atom is -0.484 e. The maximum atomic E-state index is 11.8. The van der Waals surface area contributed by atoms with Crippen LogP contribution in [-0.4, -0.2) is 51.4 Å². The van der Waals surface area contributed by atoms with Crippen LogP contribution in [0.15, 0.2) is 0 Å². The molecular formula is C13H14O8S. The molecule has 1 aliphatic heterocycles. The number of carbonyl (C=O) groups is 3. The molecule has 1 aromatic heterocycles. The van der Waals surface area contributed by atoms with Crippen LogP contribution in [0.2, 0.25) is 0 Å². The molecule has 1 aromatic rings. The highest BCUT2D eigenvalue weighted by Gasteiger charge is 2.33. The van der Waals surface area contributed by atoms with Gasteiger partial charge in [-0.2, -0.15) is 0 Å². The Balaban J connectivity index is 2.37. The summed E-state index contributed by atoms with van der Waals surface area (Å²) in [5.41, 5.74) is 0. The van der Waals surface area contributed by atoms with Crippen molar-refractivity contribution in [2.24, 2.45) is 0 Å². The fourth-order valence-corrected chi connectivity index (χ4v) is 2.85. The average Bonchev–Trinajstić information content (AvgIpc) is 2.74. The van der Waals surface area contributed by atoms with Crippen molar-refractivity contribution in [3.63, 3.8) is 0 Å². The lowest BCUT2D eigenvalue weighted by Crippen LogP contribution is -2.28. The Morgan fingerprint density at radius 1 is 1.00 bits per heavy atom. The van der Waals surface area contributed by atoms with Gasteiger partial charge in [0.25, 0.3) is 0 Å². The van der Waals surface area contributed by atoms with E-state index in [0.717, 1.165) is 11.3 Å².